The monoisotopic (exact) mass is 297 g/mol. The van der Waals surface area contributed by atoms with Crippen LogP contribution in [0.15, 0.2) is 23.1 Å². The lowest BCUT2D eigenvalue weighted by Gasteiger charge is -2.29. The molecular weight excluding hydrogens is 278 g/mol. The maximum Gasteiger partial charge on any atom is 0.243 e. The first-order valence-electron chi connectivity index (χ1n) is 6.53. The standard InChI is InChI=1S/C14H19NO4S/c1-10-8-12(4-5-14(10)19-3)20(17,18)15-7-6-13(16)11(2)9-15/h4-5,8,11H,6-7,9H2,1-3H3/t11-/m1/s1. The highest BCUT2D eigenvalue weighted by Gasteiger charge is 2.32. The van der Waals surface area contributed by atoms with Crippen LogP contribution in [0.3, 0.4) is 0 Å². The van der Waals surface area contributed by atoms with Crippen LogP contribution in [-0.2, 0) is 14.8 Å². The van der Waals surface area contributed by atoms with E-state index < -0.39 is 10.0 Å². The van der Waals surface area contributed by atoms with Gasteiger partial charge in [-0.25, -0.2) is 8.42 Å². The fraction of sp³-hybridized carbons (Fsp3) is 0.500. The van der Waals surface area contributed by atoms with Gasteiger partial charge in [0.15, 0.2) is 0 Å². The molecule has 0 spiro atoms. The van der Waals surface area contributed by atoms with E-state index in [0.29, 0.717) is 5.75 Å². The van der Waals surface area contributed by atoms with Gasteiger partial charge in [0.05, 0.1) is 12.0 Å². The lowest BCUT2D eigenvalue weighted by Crippen LogP contribution is -2.43. The molecule has 0 aromatic heterocycles. The van der Waals surface area contributed by atoms with Gasteiger partial charge in [-0.2, -0.15) is 4.31 Å². The molecule has 1 heterocycles. The van der Waals surface area contributed by atoms with Gasteiger partial charge < -0.3 is 4.74 Å². The topological polar surface area (TPSA) is 63.7 Å². The molecule has 1 aliphatic rings. The van der Waals surface area contributed by atoms with Crippen LogP contribution in [0.25, 0.3) is 0 Å². The number of ether oxygens (including phenoxy) is 1. The summed E-state index contributed by atoms with van der Waals surface area (Å²) in [6, 6.07) is 4.80. The lowest BCUT2D eigenvalue weighted by molar-refractivity contribution is -0.124. The Hall–Kier alpha value is -1.40. The highest BCUT2D eigenvalue weighted by atomic mass is 32.2. The number of piperidine rings is 1. The van der Waals surface area contributed by atoms with Crippen LogP contribution in [-0.4, -0.2) is 38.7 Å². The summed E-state index contributed by atoms with van der Waals surface area (Å²) in [5.74, 6) is 0.548. The zero-order valence-electron chi connectivity index (χ0n) is 11.9. The summed E-state index contributed by atoms with van der Waals surface area (Å²) in [4.78, 5) is 11.8. The van der Waals surface area contributed by atoms with E-state index in [9.17, 15) is 13.2 Å². The van der Waals surface area contributed by atoms with Crippen molar-refractivity contribution in [3.05, 3.63) is 23.8 Å². The van der Waals surface area contributed by atoms with E-state index in [1.54, 1.807) is 39.2 Å². The molecule has 2 rings (SSSR count). The average molecular weight is 297 g/mol. The highest BCUT2D eigenvalue weighted by Crippen LogP contribution is 2.26. The van der Waals surface area contributed by atoms with Crippen LogP contribution in [0.1, 0.15) is 18.9 Å². The Bertz CT molecular complexity index is 624. The summed E-state index contributed by atoms with van der Waals surface area (Å²) in [6.07, 6.45) is 0.287. The van der Waals surface area contributed by atoms with Gasteiger partial charge >= 0.3 is 0 Å². The fourth-order valence-electron chi connectivity index (χ4n) is 2.36. The summed E-state index contributed by atoms with van der Waals surface area (Å²) in [5.41, 5.74) is 0.773. The molecular formula is C14H19NO4S. The minimum absolute atomic E-state index is 0.127. The number of hydrogen-bond donors (Lipinski definition) is 0. The number of nitrogens with zero attached hydrogens (tertiary/aromatic N) is 1. The number of benzene rings is 1. The van der Waals surface area contributed by atoms with Gasteiger partial charge in [-0.3, -0.25) is 4.79 Å². The quantitative estimate of drug-likeness (QED) is 0.850. The lowest BCUT2D eigenvalue weighted by atomic mass is 10.0. The molecule has 0 amide bonds. The zero-order valence-corrected chi connectivity index (χ0v) is 12.7. The molecule has 1 atom stereocenters. The van der Waals surface area contributed by atoms with Gasteiger partial charge in [0, 0.05) is 25.4 Å². The molecule has 1 aliphatic heterocycles. The number of hydrogen-bond acceptors (Lipinski definition) is 4. The SMILES string of the molecule is COc1ccc(S(=O)(=O)N2CCC(=O)[C@H](C)C2)cc1C. The van der Waals surface area contributed by atoms with Crippen molar-refractivity contribution >= 4 is 15.8 Å². The zero-order chi connectivity index (χ0) is 14.9. The fourth-order valence-corrected chi connectivity index (χ4v) is 3.97. The Kier molecular flexibility index (Phi) is 4.15. The second kappa shape index (κ2) is 5.54. The first-order valence-corrected chi connectivity index (χ1v) is 7.97. The molecule has 1 aromatic rings. The van der Waals surface area contributed by atoms with Gasteiger partial charge in [0.2, 0.25) is 10.0 Å². The predicted molar refractivity (Wildman–Crippen MR) is 75.3 cm³/mol. The van der Waals surface area contributed by atoms with E-state index >= 15 is 0 Å². The molecule has 6 heteroatoms. The molecule has 0 bridgehead atoms. The molecule has 20 heavy (non-hydrogen) atoms. The number of methoxy groups -OCH3 is 1. The van der Waals surface area contributed by atoms with Crippen LogP contribution in [0.4, 0.5) is 0 Å². The first-order chi connectivity index (χ1) is 9.36. The normalized spacial score (nSPS) is 20.9. The van der Waals surface area contributed by atoms with E-state index in [0.717, 1.165) is 5.56 Å². The largest absolute Gasteiger partial charge is 0.496 e. The minimum atomic E-state index is -3.54. The summed E-state index contributed by atoms with van der Waals surface area (Å²) < 4.78 is 31.7. The smallest absolute Gasteiger partial charge is 0.243 e. The minimum Gasteiger partial charge on any atom is -0.496 e. The van der Waals surface area contributed by atoms with Crippen molar-refractivity contribution in [3.8, 4) is 5.75 Å². The Morgan fingerprint density at radius 2 is 2.05 bits per heavy atom. The second-order valence-corrected chi connectivity index (χ2v) is 7.05. The number of carbonyl (C=O) groups excluding carboxylic acids is 1. The molecule has 5 nitrogen and oxygen atoms in total. The molecule has 110 valence electrons. The summed E-state index contributed by atoms with van der Waals surface area (Å²) in [5, 5.41) is 0. The Morgan fingerprint density at radius 1 is 1.35 bits per heavy atom. The molecule has 0 radical (unpaired) electrons. The van der Waals surface area contributed by atoms with Gasteiger partial charge in [-0.15, -0.1) is 0 Å². The van der Waals surface area contributed by atoms with E-state index in [-0.39, 0.29) is 36.1 Å². The first kappa shape index (κ1) is 15.0. The maximum atomic E-state index is 12.6. The van der Waals surface area contributed by atoms with Crippen LogP contribution < -0.4 is 4.74 Å². The van der Waals surface area contributed by atoms with Gasteiger partial charge in [0.1, 0.15) is 11.5 Å². The van der Waals surface area contributed by atoms with Crippen LogP contribution >= 0.6 is 0 Å². The van der Waals surface area contributed by atoms with Crippen molar-refractivity contribution in [2.45, 2.75) is 25.2 Å². The maximum absolute atomic E-state index is 12.6. The highest BCUT2D eigenvalue weighted by molar-refractivity contribution is 7.89. The van der Waals surface area contributed by atoms with Crippen molar-refractivity contribution < 1.29 is 17.9 Å². The molecule has 0 unspecified atom stereocenters. The average Bonchev–Trinajstić information content (AvgIpc) is 2.41. The van der Waals surface area contributed by atoms with Crippen molar-refractivity contribution in [3.63, 3.8) is 0 Å². The van der Waals surface area contributed by atoms with Crippen molar-refractivity contribution in [1.29, 1.82) is 0 Å². The number of ketones is 1. The van der Waals surface area contributed by atoms with E-state index in [2.05, 4.69) is 0 Å². The van der Waals surface area contributed by atoms with Gasteiger partial charge in [0.25, 0.3) is 0 Å². The molecule has 1 fully saturated rings. The third-order valence-electron chi connectivity index (χ3n) is 3.64. The number of carbonyl (C=O) groups is 1. The second-order valence-electron chi connectivity index (χ2n) is 5.11. The van der Waals surface area contributed by atoms with E-state index in [4.69, 9.17) is 4.74 Å². The summed E-state index contributed by atoms with van der Waals surface area (Å²) in [6.45, 7) is 4.09. The Balaban J connectivity index is 2.31. The number of sulfonamides is 1. The molecule has 0 saturated carbocycles. The van der Waals surface area contributed by atoms with E-state index in [1.165, 1.54) is 4.31 Å². The van der Waals surface area contributed by atoms with Gasteiger partial charge in [-0.1, -0.05) is 6.92 Å². The van der Waals surface area contributed by atoms with Crippen molar-refractivity contribution in [2.24, 2.45) is 5.92 Å². The predicted octanol–water partition coefficient (Wildman–Crippen LogP) is 1.60. The third-order valence-corrected chi connectivity index (χ3v) is 5.50. The number of Topliss-reactive ketones (excluding diaryl/α,β-unsaturated/α-hetero) is 1. The summed E-state index contributed by atoms with van der Waals surface area (Å²) in [7, 11) is -1.99. The number of aryl methyl sites for hydroxylation is 1. The van der Waals surface area contributed by atoms with Crippen LogP contribution in [0, 0.1) is 12.8 Å². The van der Waals surface area contributed by atoms with Crippen LogP contribution in [0.2, 0.25) is 0 Å². The van der Waals surface area contributed by atoms with Crippen LogP contribution in [0.5, 0.6) is 5.75 Å². The van der Waals surface area contributed by atoms with Crippen molar-refractivity contribution in [1.82, 2.24) is 4.31 Å². The molecule has 0 N–H and O–H groups in total. The molecule has 1 saturated heterocycles. The molecule has 1 aromatic carbocycles. The Morgan fingerprint density at radius 3 is 2.60 bits per heavy atom. The third kappa shape index (κ3) is 2.71. The molecule has 0 aliphatic carbocycles. The Labute approximate surface area is 119 Å². The van der Waals surface area contributed by atoms with Crippen molar-refractivity contribution in [2.75, 3.05) is 20.2 Å². The van der Waals surface area contributed by atoms with Gasteiger partial charge in [-0.05, 0) is 30.7 Å². The number of rotatable bonds is 3. The summed E-state index contributed by atoms with van der Waals surface area (Å²) >= 11 is 0. The van der Waals surface area contributed by atoms with E-state index in [1.807, 2.05) is 0 Å².